The fourth-order valence-electron chi connectivity index (χ4n) is 3.06. The molecule has 0 radical (unpaired) electrons. The fraction of sp³-hybridized carbons (Fsp3) is 0.222. The number of benzene rings is 1. The first-order chi connectivity index (χ1) is 12.2. The number of hydrogen-bond acceptors (Lipinski definition) is 5. The van der Waals surface area contributed by atoms with E-state index in [1.165, 1.54) is 18.5 Å². The van der Waals surface area contributed by atoms with Crippen LogP contribution < -0.4 is 4.90 Å². The number of carbonyl (C=O) groups is 1. The third-order valence-electron chi connectivity index (χ3n) is 4.35. The van der Waals surface area contributed by atoms with Crippen molar-refractivity contribution in [1.29, 1.82) is 0 Å². The van der Waals surface area contributed by atoms with Crippen LogP contribution in [-0.4, -0.2) is 51.9 Å². The van der Waals surface area contributed by atoms with Crippen molar-refractivity contribution in [2.45, 2.75) is 0 Å². The summed E-state index contributed by atoms with van der Waals surface area (Å²) in [5.41, 5.74) is 1.18. The van der Waals surface area contributed by atoms with Crippen molar-refractivity contribution in [3.05, 3.63) is 60.4 Å². The zero-order valence-electron chi connectivity index (χ0n) is 13.5. The summed E-state index contributed by atoms with van der Waals surface area (Å²) in [7, 11) is 0. The van der Waals surface area contributed by atoms with E-state index in [9.17, 15) is 9.18 Å². The molecule has 0 unspecified atom stereocenters. The van der Waals surface area contributed by atoms with Gasteiger partial charge in [0.2, 0.25) is 0 Å². The van der Waals surface area contributed by atoms with E-state index in [0.717, 1.165) is 11.2 Å². The van der Waals surface area contributed by atoms with Crippen LogP contribution >= 0.6 is 0 Å². The second-order valence-electron chi connectivity index (χ2n) is 5.88. The van der Waals surface area contributed by atoms with Crippen LogP contribution in [0.1, 0.15) is 10.4 Å². The third-order valence-corrected chi connectivity index (χ3v) is 4.35. The van der Waals surface area contributed by atoms with Gasteiger partial charge in [-0.1, -0.05) is 0 Å². The molecular formula is C18H16FN5O. The number of piperazine rings is 1. The molecule has 1 aliphatic heterocycles. The number of pyridine rings is 1. The second kappa shape index (κ2) is 6.43. The van der Waals surface area contributed by atoms with Gasteiger partial charge < -0.3 is 9.80 Å². The van der Waals surface area contributed by atoms with E-state index < -0.39 is 0 Å². The van der Waals surface area contributed by atoms with E-state index >= 15 is 0 Å². The number of halogens is 1. The first-order valence-electron chi connectivity index (χ1n) is 8.07. The molecule has 2 aromatic heterocycles. The van der Waals surface area contributed by atoms with Crippen molar-refractivity contribution in [3.63, 3.8) is 0 Å². The predicted molar refractivity (Wildman–Crippen MR) is 91.8 cm³/mol. The molecule has 0 saturated carbocycles. The van der Waals surface area contributed by atoms with Gasteiger partial charge in [-0.3, -0.25) is 9.78 Å². The Morgan fingerprint density at radius 1 is 1.08 bits per heavy atom. The second-order valence-corrected chi connectivity index (χ2v) is 5.88. The number of carbonyl (C=O) groups excluding carboxylic acids is 1. The maximum atomic E-state index is 13.4. The highest BCUT2D eigenvalue weighted by Crippen LogP contribution is 2.24. The summed E-state index contributed by atoms with van der Waals surface area (Å²) in [6.07, 6.45) is 4.68. The third kappa shape index (κ3) is 3.00. The van der Waals surface area contributed by atoms with Gasteiger partial charge in [0, 0.05) is 50.0 Å². The molecule has 4 rings (SSSR count). The summed E-state index contributed by atoms with van der Waals surface area (Å²) in [6, 6.07) is 8.05. The predicted octanol–water partition coefficient (Wildman–Crippen LogP) is 2.13. The Morgan fingerprint density at radius 2 is 1.92 bits per heavy atom. The summed E-state index contributed by atoms with van der Waals surface area (Å²) in [4.78, 5) is 28.9. The van der Waals surface area contributed by atoms with Crippen molar-refractivity contribution in [2.75, 3.05) is 31.1 Å². The molecule has 3 aromatic rings. The lowest BCUT2D eigenvalue weighted by molar-refractivity contribution is 0.0746. The molecule has 1 amide bonds. The van der Waals surface area contributed by atoms with Gasteiger partial charge in [-0.25, -0.2) is 14.4 Å². The lowest BCUT2D eigenvalue weighted by Crippen LogP contribution is -2.49. The normalized spacial score (nSPS) is 14.8. The lowest BCUT2D eigenvalue weighted by Gasteiger charge is -2.35. The first kappa shape index (κ1) is 15.4. The molecular weight excluding hydrogens is 321 g/mol. The van der Waals surface area contributed by atoms with Crippen molar-refractivity contribution in [2.24, 2.45) is 0 Å². The van der Waals surface area contributed by atoms with Crippen LogP contribution in [0.2, 0.25) is 0 Å². The number of aromatic nitrogens is 3. The molecule has 7 heteroatoms. The highest BCUT2D eigenvalue weighted by molar-refractivity contribution is 5.94. The van der Waals surface area contributed by atoms with Crippen LogP contribution in [0.25, 0.3) is 10.9 Å². The summed E-state index contributed by atoms with van der Waals surface area (Å²) in [5.74, 6) is 0.449. The van der Waals surface area contributed by atoms with Crippen molar-refractivity contribution in [3.8, 4) is 0 Å². The average Bonchev–Trinajstić information content (AvgIpc) is 2.67. The van der Waals surface area contributed by atoms with Crippen LogP contribution in [-0.2, 0) is 0 Å². The number of nitrogens with zero attached hydrogens (tertiary/aromatic N) is 5. The highest BCUT2D eigenvalue weighted by Gasteiger charge is 2.24. The number of fused-ring (bicyclic) bond motifs is 1. The molecule has 0 N–H and O–H groups in total. The molecule has 1 aliphatic rings. The Kier molecular flexibility index (Phi) is 3.97. The number of amides is 1. The van der Waals surface area contributed by atoms with Crippen LogP contribution in [0, 0.1) is 5.82 Å². The van der Waals surface area contributed by atoms with Gasteiger partial charge in [-0.2, -0.15) is 0 Å². The zero-order chi connectivity index (χ0) is 17.2. The Labute approximate surface area is 143 Å². The van der Waals surface area contributed by atoms with Gasteiger partial charge >= 0.3 is 0 Å². The Morgan fingerprint density at radius 3 is 2.68 bits per heavy atom. The molecule has 3 heterocycles. The number of hydrogen-bond donors (Lipinski definition) is 0. The SMILES string of the molecule is O=C(c1cccnc1)N1CCN(c2ncnc3cc(F)ccc23)CC1. The molecule has 126 valence electrons. The molecule has 0 spiro atoms. The van der Waals surface area contributed by atoms with E-state index in [0.29, 0.717) is 37.3 Å². The maximum Gasteiger partial charge on any atom is 0.255 e. The van der Waals surface area contributed by atoms with E-state index in [4.69, 9.17) is 0 Å². The van der Waals surface area contributed by atoms with Gasteiger partial charge in [-0.15, -0.1) is 0 Å². The molecule has 0 bridgehead atoms. The summed E-state index contributed by atoms with van der Waals surface area (Å²) in [6.45, 7) is 2.52. The van der Waals surface area contributed by atoms with E-state index in [1.54, 1.807) is 30.6 Å². The van der Waals surface area contributed by atoms with Crippen LogP contribution in [0.4, 0.5) is 10.2 Å². The maximum absolute atomic E-state index is 13.4. The quantitative estimate of drug-likeness (QED) is 0.717. The minimum Gasteiger partial charge on any atom is -0.352 e. The van der Waals surface area contributed by atoms with Crippen LogP contribution in [0.3, 0.4) is 0 Å². The van der Waals surface area contributed by atoms with Gasteiger partial charge in [0.05, 0.1) is 11.1 Å². The molecule has 6 nitrogen and oxygen atoms in total. The van der Waals surface area contributed by atoms with Crippen LogP contribution in [0.5, 0.6) is 0 Å². The molecule has 25 heavy (non-hydrogen) atoms. The molecule has 1 aromatic carbocycles. The van der Waals surface area contributed by atoms with Gasteiger partial charge in [0.15, 0.2) is 0 Å². The highest BCUT2D eigenvalue weighted by atomic mass is 19.1. The average molecular weight is 337 g/mol. The summed E-state index contributed by atoms with van der Waals surface area (Å²) in [5, 5.41) is 0.816. The Hall–Kier alpha value is -3.09. The molecule has 0 atom stereocenters. The van der Waals surface area contributed by atoms with E-state index in [-0.39, 0.29) is 11.7 Å². The number of anilines is 1. The topological polar surface area (TPSA) is 62.2 Å². The van der Waals surface area contributed by atoms with Crippen molar-refractivity contribution < 1.29 is 9.18 Å². The van der Waals surface area contributed by atoms with Crippen molar-refractivity contribution >= 4 is 22.6 Å². The van der Waals surface area contributed by atoms with Gasteiger partial charge in [0.25, 0.3) is 5.91 Å². The monoisotopic (exact) mass is 337 g/mol. The molecule has 1 saturated heterocycles. The van der Waals surface area contributed by atoms with E-state index in [1.807, 2.05) is 4.90 Å². The van der Waals surface area contributed by atoms with E-state index in [2.05, 4.69) is 19.9 Å². The minimum absolute atomic E-state index is 0.0117. The lowest BCUT2D eigenvalue weighted by atomic mass is 10.2. The fourth-order valence-corrected chi connectivity index (χ4v) is 3.06. The zero-order valence-corrected chi connectivity index (χ0v) is 13.5. The Balaban J connectivity index is 1.52. The number of rotatable bonds is 2. The smallest absolute Gasteiger partial charge is 0.255 e. The van der Waals surface area contributed by atoms with Crippen LogP contribution in [0.15, 0.2) is 49.1 Å². The van der Waals surface area contributed by atoms with Gasteiger partial charge in [-0.05, 0) is 24.3 Å². The molecule has 0 aliphatic carbocycles. The summed E-state index contributed by atoms with van der Waals surface area (Å²) >= 11 is 0. The van der Waals surface area contributed by atoms with Crippen molar-refractivity contribution in [1.82, 2.24) is 19.9 Å². The van der Waals surface area contributed by atoms with Gasteiger partial charge in [0.1, 0.15) is 18.0 Å². The largest absolute Gasteiger partial charge is 0.352 e. The standard InChI is InChI=1S/C18H16FN5O/c19-14-3-4-15-16(10-14)21-12-22-17(15)23-6-8-24(9-7-23)18(25)13-2-1-5-20-11-13/h1-5,10-12H,6-9H2. The molecule has 1 fully saturated rings. The first-order valence-corrected chi connectivity index (χ1v) is 8.07. The Bertz CT molecular complexity index is 910. The summed E-state index contributed by atoms with van der Waals surface area (Å²) < 4.78 is 13.4. The minimum atomic E-state index is -0.316.